The molecule has 15 heavy (non-hydrogen) atoms. The van der Waals surface area contributed by atoms with Gasteiger partial charge >= 0.3 is 0 Å². The SMILES string of the molecule is CCC1CCC2OCC(C(C)C)NC2C1. The van der Waals surface area contributed by atoms with Gasteiger partial charge in [0.15, 0.2) is 0 Å². The Balaban J connectivity index is 1.91. The summed E-state index contributed by atoms with van der Waals surface area (Å²) in [6.45, 7) is 7.78. The summed E-state index contributed by atoms with van der Waals surface area (Å²) in [5.74, 6) is 1.61. The average Bonchev–Trinajstić information content (AvgIpc) is 2.27. The van der Waals surface area contributed by atoms with Gasteiger partial charge < -0.3 is 10.1 Å². The molecule has 0 aromatic carbocycles. The molecule has 1 saturated heterocycles. The molecule has 2 nitrogen and oxygen atoms in total. The molecule has 1 N–H and O–H groups in total. The van der Waals surface area contributed by atoms with Crippen LogP contribution in [0.1, 0.15) is 46.5 Å². The van der Waals surface area contributed by atoms with E-state index < -0.39 is 0 Å². The fraction of sp³-hybridized carbons (Fsp3) is 1.00. The molecule has 2 rings (SSSR count). The Labute approximate surface area is 93.8 Å². The number of rotatable bonds is 2. The van der Waals surface area contributed by atoms with Gasteiger partial charge in [0.1, 0.15) is 0 Å². The summed E-state index contributed by atoms with van der Waals surface area (Å²) in [4.78, 5) is 0. The highest BCUT2D eigenvalue weighted by Crippen LogP contribution is 2.31. The lowest BCUT2D eigenvalue weighted by Gasteiger charge is -2.44. The zero-order valence-corrected chi connectivity index (χ0v) is 10.3. The van der Waals surface area contributed by atoms with Crippen LogP contribution in [0.4, 0.5) is 0 Å². The molecule has 0 radical (unpaired) electrons. The van der Waals surface area contributed by atoms with Crippen molar-refractivity contribution in [3.8, 4) is 0 Å². The van der Waals surface area contributed by atoms with Gasteiger partial charge in [0.25, 0.3) is 0 Å². The van der Waals surface area contributed by atoms with E-state index >= 15 is 0 Å². The first kappa shape index (κ1) is 11.4. The standard InChI is InChI=1S/C13H25NO/c1-4-10-5-6-13-11(7-10)14-12(8-15-13)9(2)3/h9-14H,4-8H2,1-3H3. The predicted molar refractivity (Wildman–Crippen MR) is 62.9 cm³/mol. The molecule has 0 aromatic rings. The van der Waals surface area contributed by atoms with E-state index in [0.717, 1.165) is 12.5 Å². The Morgan fingerprint density at radius 3 is 2.80 bits per heavy atom. The van der Waals surface area contributed by atoms with E-state index in [0.29, 0.717) is 24.1 Å². The molecule has 2 heteroatoms. The van der Waals surface area contributed by atoms with Crippen molar-refractivity contribution in [3.63, 3.8) is 0 Å². The highest BCUT2D eigenvalue weighted by molar-refractivity contribution is 4.92. The highest BCUT2D eigenvalue weighted by Gasteiger charge is 2.36. The van der Waals surface area contributed by atoms with Gasteiger partial charge in [-0.1, -0.05) is 27.2 Å². The third kappa shape index (κ3) is 2.54. The van der Waals surface area contributed by atoms with Crippen molar-refractivity contribution in [3.05, 3.63) is 0 Å². The predicted octanol–water partition coefficient (Wildman–Crippen LogP) is 2.58. The van der Waals surface area contributed by atoms with Crippen molar-refractivity contribution in [1.29, 1.82) is 0 Å². The van der Waals surface area contributed by atoms with Crippen LogP contribution in [0.25, 0.3) is 0 Å². The molecule has 1 aliphatic heterocycles. The number of morpholine rings is 1. The second kappa shape index (κ2) is 4.84. The average molecular weight is 211 g/mol. The monoisotopic (exact) mass is 211 g/mol. The van der Waals surface area contributed by atoms with Crippen LogP contribution >= 0.6 is 0 Å². The molecular formula is C13H25NO. The fourth-order valence-corrected chi connectivity index (χ4v) is 2.91. The minimum absolute atomic E-state index is 0.503. The summed E-state index contributed by atoms with van der Waals surface area (Å²) in [5.41, 5.74) is 0. The van der Waals surface area contributed by atoms with Crippen molar-refractivity contribution >= 4 is 0 Å². The van der Waals surface area contributed by atoms with Crippen LogP contribution in [0.3, 0.4) is 0 Å². The summed E-state index contributed by atoms with van der Waals surface area (Å²) in [6, 6.07) is 1.20. The molecule has 1 heterocycles. The van der Waals surface area contributed by atoms with E-state index in [1.807, 2.05) is 0 Å². The Morgan fingerprint density at radius 1 is 1.33 bits per heavy atom. The lowest BCUT2D eigenvalue weighted by molar-refractivity contribution is -0.0626. The summed E-state index contributed by atoms with van der Waals surface area (Å²) in [5, 5.41) is 3.79. The van der Waals surface area contributed by atoms with E-state index in [4.69, 9.17) is 4.74 Å². The van der Waals surface area contributed by atoms with E-state index in [1.54, 1.807) is 0 Å². The molecule has 88 valence electrons. The van der Waals surface area contributed by atoms with Gasteiger partial charge in [-0.05, 0) is 31.1 Å². The van der Waals surface area contributed by atoms with E-state index in [1.165, 1.54) is 25.7 Å². The van der Waals surface area contributed by atoms with Gasteiger partial charge in [0, 0.05) is 12.1 Å². The van der Waals surface area contributed by atoms with Crippen molar-refractivity contribution in [2.75, 3.05) is 6.61 Å². The molecule has 4 unspecified atom stereocenters. The summed E-state index contributed by atoms with van der Waals surface area (Å²) < 4.78 is 5.99. The Kier molecular flexibility index (Phi) is 3.68. The minimum Gasteiger partial charge on any atom is -0.375 e. The zero-order valence-electron chi connectivity index (χ0n) is 10.3. The van der Waals surface area contributed by atoms with Gasteiger partial charge in [0.05, 0.1) is 12.7 Å². The maximum Gasteiger partial charge on any atom is 0.0729 e. The number of hydrogen-bond acceptors (Lipinski definition) is 2. The van der Waals surface area contributed by atoms with E-state index in [9.17, 15) is 0 Å². The van der Waals surface area contributed by atoms with Crippen molar-refractivity contribution in [2.45, 2.75) is 64.6 Å². The number of nitrogens with one attached hydrogen (secondary N) is 1. The maximum absolute atomic E-state index is 5.99. The van der Waals surface area contributed by atoms with E-state index in [2.05, 4.69) is 26.1 Å². The highest BCUT2D eigenvalue weighted by atomic mass is 16.5. The molecule has 0 aromatic heterocycles. The first-order chi connectivity index (χ1) is 7.20. The molecular weight excluding hydrogens is 186 g/mol. The molecule has 0 spiro atoms. The van der Waals surface area contributed by atoms with Crippen LogP contribution in [0, 0.1) is 11.8 Å². The molecule has 4 atom stereocenters. The second-order valence-corrected chi connectivity index (χ2v) is 5.58. The van der Waals surface area contributed by atoms with Crippen LogP contribution in [0.2, 0.25) is 0 Å². The lowest BCUT2D eigenvalue weighted by Crippen LogP contribution is -2.57. The molecule has 1 saturated carbocycles. The smallest absolute Gasteiger partial charge is 0.0729 e. The Hall–Kier alpha value is -0.0800. The van der Waals surface area contributed by atoms with Gasteiger partial charge in [-0.15, -0.1) is 0 Å². The second-order valence-electron chi connectivity index (χ2n) is 5.58. The zero-order chi connectivity index (χ0) is 10.8. The maximum atomic E-state index is 5.99. The van der Waals surface area contributed by atoms with Crippen LogP contribution in [-0.4, -0.2) is 24.8 Å². The largest absolute Gasteiger partial charge is 0.375 e. The van der Waals surface area contributed by atoms with Gasteiger partial charge in [0.2, 0.25) is 0 Å². The van der Waals surface area contributed by atoms with Crippen LogP contribution in [0.15, 0.2) is 0 Å². The van der Waals surface area contributed by atoms with Crippen LogP contribution < -0.4 is 5.32 Å². The topological polar surface area (TPSA) is 21.3 Å². The molecule has 0 bridgehead atoms. The lowest BCUT2D eigenvalue weighted by atomic mass is 9.81. The van der Waals surface area contributed by atoms with Gasteiger partial charge in [-0.2, -0.15) is 0 Å². The number of ether oxygens (including phenoxy) is 1. The Morgan fingerprint density at radius 2 is 2.13 bits per heavy atom. The van der Waals surface area contributed by atoms with Crippen molar-refractivity contribution < 1.29 is 4.74 Å². The van der Waals surface area contributed by atoms with Crippen LogP contribution in [-0.2, 0) is 4.74 Å². The fourth-order valence-electron chi connectivity index (χ4n) is 2.91. The van der Waals surface area contributed by atoms with Gasteiger partial charge in [-0.3, -0.25) is 0 Å². The molecule has 0 amide bonds. The summed E-state index contributed by atoms with van der Waals surface area (Å²) in [6.07, 6.45) is 5.79. The molecule has 1 aliphatic carbocycles. The normalized spacial score (nSPS) is 41.6. The first-order valence-electron chi connectivity index (χ1n) is 6.58. The van der Waals surface area contributed by atoms with Crippen molar-refractivity contribution in [1.82, 2.24) is 5.32 Å². The van der Waals surface area contributed by atoms with Crippen LogP contribution in [0.5, 0.6) is 0 Å². The number of fused-ring (bicyclic) bond motifs is 1. The van der Waals surface area contributed by atoms with Crippen molar-refractivity contribution in [2.24, 2.45) is 11.8 Å². The summed E-state index contributed by atoms with van der Waals surface area (Å²) in [7, 11) is 0. The van der Waals surface area contributed by atoms with E-state index in [-0.39, 0.29) is 0 Å². The third-order valence-corrected chi connectivity index (χ3v) is 4.20. The first-order valence-corrected chi connectivity index (χ1v) is 6.58. The van der Waals surface area contributed by atoms with Gasteiger partial charge in [-0.25, -0.2) is 0 Å². The molecule has 2 aliphatic rings. The number of hydrogen-bond donors (Lipinski definition) is 1. The Bertz CT molecular complexity index is 205. The third-order valence-electron chi connectivity index (χ3n) is 4.20. The minimum atomic E-state index is 0.503. The summed E-state index contributed by atoms with van der Waals surface area (Å²) >= 11 is 0. The quantitative estimate of drug-likeness (QED) is 0.758. The molecule has 2 fully saturated rings.